The van der Waals surface area contributed by atoms with Crippen molar-refractivity contribution in [1.29, 1.82) is 0 Å². The maximum Gasteiger partial charge on any atom is 0.253 e. The van der Waals surface area contributed by atoms with E-state index in [0.29, 0.717) is 41.6 Å². The van der Waals surface area contributed by atoms with E-state index in [9.17, 15) is 14.0 Å². The first-order chi connectivity index (χ1) is 14.5. The van der Waals surface area contributed by atoms with Gasteiger partial charge in [-0.1, -0.05) is 5.16 Å². The number of rotatable bonds is 8. The van der Waals surface area contributed by atoms with Gasteiger partial charge >= 0.3 is 0 Å². The van der Waals surface area contributed by atoms with Crippen molar-refractivity contribution in [1.82, 2.24) is 15.0 Å². The molecule has 30 heavy (non-hydrogen) atoms. The summed E-state index contributed by atoms with van der Waals surface area (Å²) in [7, 11) is 0. The van der Waals surface area contributed by atoms with Crippen LogP contribution >= 0.6 is 0 Å². The Balaban J connectivity index is 1.52. The van der Waals surface area contributed by atoms with E-state index in [1.807, 2.05) is 13.8 Å². The Morgan fingerprint density at radius 2 is 1.70 bits per heavy atom. The molecule has 0 spiro atoms. The van der Waals surface area contributed by atoms with Crippen molar-refractivity contribution in [3.05, 3.63) is 65.8 Å². The monoisotopic (exact) mass is 410 g/mol. The number of anilines is 1. The van der Waals surface area contributed by atoms with Crippen molar-refractivity contribution in [3.63, 3.8) is 0 Å². The standard InChI is InChI=1S/C22H23FN4O3/c1-3-27(4-2)22(29)16-7-11-18(12-8-16)24-19(28)13-14-20-25-21(26-30-20)15-5-9-17(23)10-6-15/h5-12H,3-4,13-14H2,1-2H3,(H,24,28). The van der Waals surface area contributed by atoms with Crippen molar-refractivity contribution in [2.45, 2.75) is 26.7 Å². The van der Waals surface area contributed by atoms with Crippen molar-refractivity contribution < 1.29 is 18.5 Å². The van der Waals surface area contributed by atoms with Crippen LogP contribution in [0.3, 0.4) is 0 Å². The number of aromatic nitrogens is 2. The number of benzene rings is 2. The van der Waals surface area contributed by atoms with Crippen molar-refractivity contribution in [3.8, 4) is 11.4 Å². The minimum absolute atomic E-state index is 0.0359. The molecule has 0 bridgehead atoms. The Morgan fingerprint density at radius 3 is 2.33 bits per heavy atom. The zero-order valence-electron chi connectivity index (χ0n) is 16.9. The highest BCUT2D eigenvalue weighted by atomic mass is 19.1. The third kappa shape index (κ3) is 5.28. The number of halogens is 1. The number of nitrogens with zero attached hydrogens (tertiary/aromatic N) is 3. The fourth-order valence-corrected chi connectivity index (χ4v) is 2.91. The van der Waals surface area contributed by atoms with Crippen LogP contribution in [-0.2, 0) is 11.2 Å². The Hall–Kier alpha value is -3.55. The zero-order valence-corrected chi connectivity index (χ0v) is 16.9. The normalized spacial score (nSPS) is 10.6. The lowest BCUT2D eigenvalue weighted by molar-refractivity contribution is -0.116. The van der Waals surface area contributed by atoms with Gasteiger partial charge in [0.15, 0.2) is 0 Å². The van der Waals surface area contributed by atoms with Gasteiger partial charge in [-0.15, -0.1) is 0 Å². The van der Waals surface area contributed by atoms with Crippen LogP contribution in [0, 0.1) is 5.82 Å². The molecule has 0 saturated heterocycles. The van der Waals surface area contributed by atoms with Crippen LogP contribution in [0.4, 0.5) is 10.1 Å². The number of carbonyl (C=O) groups is 2. The van der Waals surface area contributed by atoms with Gasteiger partial charge in [-0.3, -0.25) is 9.59 Å². The fraction of sp³-hybridized carbons (Fsp3) is 0.273. The van der Waals surface area contributed by atoms with Gasteiger partial charge in [0.2, 0.25) is 17.6 Å². The molecule has 0 aliphatic carbocycles. The molecule has 0 saturated carbocycles. The number of amides is 2. The molecule has 0 fully saturated rings. The highest BCUT2D eigenvalue weighted by Crippen LogP contribution is 2.17. The molecule has 0 radical (unpaired) electrons. The summed E-state index contributed by atoms with van der Waals surface area (Å²) in [6.45, 7) is 5.16. The maximum absolute atomic E-state index is 13.0. The molecule has 2 aromatic carbocycles. The molecule has 3 rings (SSSR count). The largest absolute Gasteiger partial charge is 0.339 e. The second kappa shape index (κ2) is 9.78. The highest BCUT2D eigenvalue weighted by Gasteiger charge is 2.13. The lowest BCUT2D eigenvalue weighted by Crippen LogP contribution is -2.30. The lowest BCUT2D eigenvalue weighted by atomic mass is 10.1. The molecule has 7 nitrogen and oxygen atoms in total. The first-order valence-electron chi connectivity index (χ1n) is 9.77. The van der Waals surface area contributed by atoms with Gasteiger partial charge in [0.1, 0.15) is 5.82 Å². The lowest BCUT2D eigenvalue weighted by Gasteiger charge is -2.18. The Morgan fingerprint density at radius 1 is 1.03 bits per heavy atom. The van der Waals surface area contributed by atoms with Crippen molar-refractivity contribution in [2.24, 2.45) is 0 Å². The van der Waals surface area contributed by atoms with Gasteiger partial charge in [0.25, 0.3) is 5.91 Å². The Bertz CT molecular complexity index is 996. The number of aryl methyl sites for hydroxylation is 1. The number of carbonyl (C=O) groups excluding carboxylic acids is 2. The topological polar surface area (TPSA) is 88.3 Å². The van der Waals surface area contributed by atoms with Crippen LogP contribution in [0.2, 0.25) is 0 Å². The molecular weight excluding hydrogens is 387 g/mol. The molecule has 1 heterocycles. The first kappa shape index (κ1) is 21.2. The van der Waals surface area contributed by atoms with Gasteiger partial charge in [0.05, 0.1) is 0 Å². The third-order valence-corrected chi connectivity index (χ3v) is 4.60. The molecule has 3 aromatic rings. The summed E-state index contributed by atoms with van der Waals surface area (Å²) < 4.78 is 18.2. The van der Waals surface area contributed by atoms with E-state index in [0.717, 1.165) is 0 Å². The van der Waals surface area contributed by atoms with Crippen LogP contribution in [0.5, 0.6) is 0 Å². The van der Waals surface area contributed by atoms with E-state index >= 15 is 0 Å². The molecule has 2 amide bonds. The van der Waals surface area contributed by atoms with Gasteiger partial charge < -0.3 is 14.7 Å². The zero-order chi connectivity index (χ0) is 21.5. The smallest absolute Gasteiger partial charge is 0.253 e. The van der Waals surface area contributed by atoms with Gasteiger partial charge in [-0.25, -0.2) is 4.39 Å². The highest BCUT2D eigenvalue weighted by molar-refractivity contribution is 5.95. The molecule has 8 heteroatoms. The van der Waals surface area contributed by atoms with Crippen LogP contribution in [-0.4, -0.2) is 39.9 Å². The molecule has 0 unspecified atom stereocenters. The summed E-state index contributed by atoms with van der Waals surface area (Å²) in [5.41, 5.74) is 1.82. The van der Waals surface area contributed by atoms with E-state index in [2.05, 4.69) is 15.5 Å². The summed E-state index contributed by atoms with van der Waals surface area (Å²) >= 11 is 0. The Kier molecular flexibility index (Phi) is 6.90. The average Bonchev–Trinajstić information content (AvgIpc) is 3.23. The molecular formula is C22H23FN4O3. The minimum Gasteiger partial charge on any atom is -0.339 e. The van der Waals surface area contributed by atoms with Crippen LogP contribution < -0.4 is 5.32 Å². The molecule has 1 aromatic heterocycles. The number of nitrogens with one attached hydrogen (secondary N) is 1. The molecule has 0 atom stereocenters. The SMILES string of the molecule is CCN(CC)C(=O)c1ccc(NC(=O)CCc2nc(-c3ccc(F)cc3)no2)cc1. The quantitative estimate of drug-likeness (QED) is 0.608. The Labute approximate surface area is 173 Å². The van der Waals surface area contributed by atoms with Crippen molar-refractivity contribution >= 4 is 17.5 Å². The van der Waals surface area contributed by atoms with Gasteiger partial charge in [-0.2, -0.15) is 4.98 Å². The van der Waals surface area contributed by atoms with E-state index in [4.69, 9.17) is 4.52 Å². The summed E-state index contributed by atoms with van der Waals surface area (Å²) in [6, 6.07) is 12.6. The summed E-state index contributed by atoms with van der Waals surface area (Å²) in [4.78, 5) is 30.5. The third-order valence-electron chi connectivity index (χ3n) is 4.60. The van der Waals surface area contributed by atoms with Gasteiger partial charge in [0, 0.05) is 42.7 Å². The van der Waals surface area contributed by atoms with Crippen molar-refractivity contribution in [2.75, 3.05) is 18.4 Å². The average molecular weight is 410 g/mol. The van der Waals surface area contributed by atoms with Crippen LogP contribution in [0.1, 0.15) is 36.5 Å². The molecule has 156 valence electrons. The number of hydrogen-bond donors (Lipinski definition) is 1. The van der Waals surface area contributed by atoms with E-state index < -0.39 is 0 Å². The minimum atomic E-state index is -0.343. The summed E-state index contributed by atoms with van der Waals surface area (Å²) in [5, 5.41) is 6.64. The summed E-state index contributed by atoms with van der Waals surface area (Å²) in [6.07, 6.45) is 0.434. The van der Waals surface area contributed by atoms with E-state index in [1.54, 1.807) is 41.3 Å². The first-order valence-corrected chi connectivity index (χ1v) is 9.77. The second-order valence-electron chi connectivity index (χ2n) is 6.62. The molecule has 1 N–H and O–H groups in total. The maximum atomic E-state index is 13.0. The van der Waals surface area contributed by atoms with Gasteiger partial charge in [-0.05, 0) is 62.4 Å². The van der Waals surface area contributed by atoms with Crippen LogP contribution in [0.15, 0.2) is 53.1 Å². The van der Waals surface area contributed by atoms with Crippen LogP contribution in [0.25, 0.3) is 11.4 Å². The fourth-order valence-electron chi connectivity index (χ4n) is 2.91. The number of hydrogen-bond acceptors (Lipinski definition) is 5. The molecule has 0 aliphatic rings. The predicted molar refractivity (Wildman–Crippen MR) is 110 cm³/mol. The summed E-state index contributed by atoms with van der Waals surface area (Å²) in [5.74, 6) is 0.0821. The predicted octanol–water partition coefficient (Wildman–Crippen LogP) is 3.93. The van der Waals surface area contributed by atoms with E-state index in [-0.39, 0.29) is 30.5 Å². The molecule has 0 aliphatic heterocycles. The van der Waals surface area contributed by atoms with E-state index in [1.165, 1.54) is 12.1 Å². The second-order valence-corrected chi connectivity index (χ2v) is 6.62.